The van der Waals surface area contributed by atoms with Crippen molar-refractivity contribution in [3.05, 3.63) is 51.8 Å². The van der Waals surface area contributed by atoms with Crippen molar-refractivity contribution in [1.82, 2.24) is 19.9 Å². The van der Waals surface area contributed by atoms with Gasteiger partial charge in [-0.2, -0.15) is 0 Å². The summed E-state index contributed by atoms with van der Waals surface area (Å²) in [6.45, 7) is 3.02. The van der Waals surface area contributed by atoms with Gasteiger partial charge in [-0.3, -0.25) is 9.59 Å². The molecule has 0 atom stereocenters. The number of H-pyrrole nitrogens is 1. The number of amides is 1. The van der Waals surface area contributed by atoms with Crippen molar-refractivity contribution < 1.29 is 9.53 Å². The molecule has 7 nitrogen and oxygen atoms in total. The van der Waals surface area contributed by atoms with E-state index in [-0.39, 0.29) is 17.4 Å². The molecule has 1 saturated heterocycles. The molecule has 0 radical (unpaired) electrons. The molecule has 0 aliphatic carbocycles. The van der Waals surface area contributed by atoms with Crippen molar-refractivity contribution in [2.45, 2.75) is 25.7 Å². The maximum atomic E-state index is 12.7. The highest BCUT2D eigenvalue weighted by Gasteiger charge is 2.27. The van der Waals surface area contributed by atoms with E-state index in [1.165, 1.54) is 7.11 Å². The number of hydrogen-bond acceptors (Lipinski definition) is 5. The molecule has 0 saturated carbocycles. The Hall–Kier alpha value is -2.70. The second-order valence-electron chi connectivity index (χ2n) is 5.88. The number of aryl methyl sites for hydroxylation is 1. The standard InChI is InChI=1S/C17H20N4O3/c1-11-19-14(10-15(22)20-11)12-5-8-21(9-6-12)17(23)13-4-3-7-18-16(13)24-2/h3-4,7,10,12H,5-6,8-9H2,1-2H3,(H,19,20,22). The molecule has 1 aliphatic heterocycles. The minimum absolute atomic E-state index is 0.0755. The van der Waals surface area contributed by atoms with Crippen LogP contribution in [0.5, 0.6) is 5.88 Å². The van der Waals surface area contributed by atoms with Crippen LogP contribution in [-0.4, -0.2) is 46.0 Å². The summed E-state index contributed by atoms with van der Waals surface area (Å²) in [6, 6.07) is 5.01. The number of aromatic nitrogens is 3. The smallest absolute Gasteiger partial charge is 0.259 e. The highest BCUT2D eigenvalue weighted by molar-refractivity contribution is 5.96. The lowest BCUT2D eigenvalue weighted by Crippen LogP contribution is -2.38. The number of nitrogens with one attached hydrogen (secondary N) is 1. The molecule has 1 fully saturated rings. The zero-order chi connectivity index (χ0) is 17.1. The first-order valence-corrected chi connectivity index (χ1v) is 7.94. The Kier molecular flexibility index (Phi) is 4.59. The van der Waals surface area contributed by atoms with Gasteiger partial charge in [-0.25, -0.2) is 9.97 Å². The summed E-state index contributed by atoms with van der Waals surface area (Å²) >= 11 is 0. The Balaban J connectivity index is 1.70. The molecule has 126 valence electrons. The van der Waals surface area contributed by atoms with Gasteiger partial charge < -0.3 is 14.6 Å². The van der Waals surface area contributed by atoms with E-state index < -0.39 is 0 Å². The molecule has 1 amide bonds. The molecule has 0 spiro atoms. The van der Waals surface area contributed by atoms with Gasteiger partial charge in [-0.05, 0) is 31.9 Å². The summed E-state index contributed by atoms with van der Waals surface area (Å²) < 4.78 is 5.17. The SMILES string of the molecule is COc1ncccc1C(=O)N1CCC(c2cc(=O)[nH]c(C)n2)CC1. The average Bonchev–Trinajstić information content (AvgIpc) is 2.60. The molecule has 3 rings (SSSR count). The number of carbonyl (C=O) groups excluding carboxylic acids is 1. The van der Waals surface area contributed by atoms with Gasteiger partial charge in [0.2, 0.25) is 5.88 Å². The quantitative estimate of drug-likeness (QED) is 0.922. The molecule has 2 aromatic rings. The summed E-state index contributed by atoms with van der Waals surface area (Å²) in [7, 11) is 1.51. The lowest BCUT2D eigenvalue weighted by atomic mass is 9.93. The number of likely N-dealkylation sites (tertiary alicyclic amines) is 1. The van der Waals surface area contributed by atoms with Crippen LogP contribution in [0.3, 0.4) is 0 Å². The Morgan fingerprint density at radius 3 is 2.79 bits per heavy atom. The normalized spacial score (nSPS) is 15.3. The molecule has 0 bridgehead atoms. The van der Waals surface area contributed by atoms with Crippen LogP contribution in [0.2, 0.25) is 0 Å². The van der Waals surface area contributed by atoms with Crippen LogP contribution in [0.1, 0.15) is 40.6 Å². The van der Waals surface area contributed by atoms with Crippen molar-refractivity contribution in [2.75, 3.05) is 20.2 Å². The molecule has 1 N–H and O–H groups in total. The molecule has 24 heavy (non-hydrogen) atoms. The third kappa shape index (κ3) is 3.29. The predicted molar refractivity (Wildman–Crippen MR) is 88.3 cm³/mol. The highest BCUT2D eigenvalue weighted by Crippen LogP contribution is 2.27. The molecule has 0 aromatic carbocycles. The zero-order valence-corrected chi connectivity index (χ0v) is 13.8. The Bertz CT molecular complexity index is 794. The lowest BCUT2D eigenvalue weighted by Gasteiger charge is -2.32. The average molecular weight is 328 g/mol. The third-order valence-electron chi connectivity index (χ3n) is 4.28. The first-order valence-electron chi connectivity index (χ1n) is 7.94. The van der Waals surface area contributed by atoms with Gasteiger partial charge in [0.1, 0.15) is 11.4 Å². The van der Waals surface area contributed by atoms with E-state index in [4.69, 9.17) is 4.74 Å². The predicted octanol–water partition coefficient (Wildman–Crippen LogP) is 1.50. The number of carbonyl (C=O) groups is 1. The van der Waals surface area contributed by atoms with Crippen molar-refractivity contribution in [3.8, 4) is 5.88 Å². The Morgan fingerprint density at radius 1 is 1.38 bits per heavy atom. The molecule has 0 unspecified atom stereocenters. The number of nitrogens with zero attached hydrogens (tertiary/aromatic N) is 3. The van der Waals surface area contributed by atoms with Crippen LogP contribution in [0.15, 0.2) is 29.2 Å². The van der Waals surface area contributed by atoms with Gasteiger partial charge in [0.25, 0.3) is 11.5 Å². The fourth-order valence-corrected chi connectivity index (χ4v) is 3.08. The van der Waals surface area contributed by atoms with E-state index in [0.717, 1.165) is 18.5 Å². The molecular formula is C17H20N4O3. The Labute approximate surface area is 139 Å². The third-order valence-corrected chi connectivity index (χ3v) is 4.28. The van der Waals surface area contributed by atoms with E-state index >= 15 is 0 Å². The summed E-state index contributed by atoms with van der Waals surface area (Å²) in [5.41, 5.74) is 1.15. The van der Waals surface area contributed by atoms with Crippen LogP contribution < -0.4 is 10.3 Å². The van der Waals surface area contributed by atoms with E-state index in [9.17, 15) is 9.59 Å². The number of hydrogen-bond donors (Lipinski definition) is 1. The van der Waals surface area contributed by atoms with Gasteiger partial charge in [0, 0.05) is 31.3 Å². The Morgan fingerprint density at radius 2 is 2.12 bits per heavy atom. The van der Waals surface area contributed by atoms with Crippen LogP contribution in [-0.2, 0) is 0 Å². The van der Waals surface area contributed by atoms with Gasteiger partial charge in [0.15, 0.2) is 0 Å². The minimum atomic E-state index is -0.129. The topological polar surface area (TPSA) is 88.2 Å². The first kappa shape index (κ1) is 16.2. The second kappa shape index (κ2) is 6.82. The van der Waals surface area contributed by atoms with Gasteiger partial charge in [-0.1, -0.05) is 0 Å². The largest absolute Gasteiger partial charge is 0.480 e. The van der Waals surface area contributed by atoms with Crippen molar-refractivity contribution in [3.63, 3.8) is 0 Å². The molecule has 7 heteroatoms. The monoisotopic (exact) mass is 328 g/mol. The van der Waals surface area contributed by atoms with Crippen molar-refractivity contribution >= 4 is 5.91 Å². The van der Waals surface area contributed by atoms with E-state index in [1.54, 1.807) is 36.2 Å². The van der Waals surface area contributed by atoms with Gasteiger partial charge in [0.05, 0.1) is 12.8 Å². The molecular weight excluding hydrogens is 308 g/mol. The summed E-state index contributed by atoms with van der Waals surface area (Å²) in [6.07, 6.45) is 3.16. The molecule has 1 aliphatic rings. The number of methoxy groups -OCH3 is 1. The van der Waals surface area contributed by atoms with Crippen molar-refractivity contribution in [2.24, 2.45) is 0 Å². The number of ether oxygens (including phenoxy) is 1. The number of rotatable bonds is 3. The van der Waals surface area contributed by atoms with Crippen LogP contribution in [0.25, 0.3) is 0 Å². The number of pyridine rings is 1. The van der Waals surface area contributed by atoms with Crippen molar-refractivity contribution in [1.29, 1.82) is 0 Å². The molecule has 3 heterocycles. The maximum absolute atomic E-state index is 12.7. The minimum Gasteiger partial charge on any atom is -0.480 e. The van der Waals surface area contributed by atoms with E-state index in [2.05, 4.69) is 15.0 Å². The fourth-order valence-electron chi connectivity index (χ4n) is 3.08. The zero-order valence-electron chi connectivity index (χ0n) is 13.8. The van der Waals surface area contributed by atoms with Gasteiger partial charge >= 0.3 is 0 Å². The van der Waals surface area contributed by atoms with Gasteiger partial charge in [-0.15, -0.1) is 0 Å². The van der Waals surface area contributed by atoms with Crippen LogP contribution in [0.4, 0.5) is 0 Å². The lowest BCUT2D eigenvalue weighted by molar-refractivity contribution is 0.0707. The summed E-state index contributed by atoms with van der Waals surface area (Å²) in [5.74, 6) is 1.09. The summed E-state index contributed by atoms with van der Waals surface area (Å²) in [5, 5.41) is 0. The van der Waals surface area contributed by atoms with E-state index in [1.807, 2.05) is 0 Å². The molecule has 2 aromatic heterocycles. The fraction of sp³-hybridized carbons (Fsp3) is 0.412. The van der Waals surface area contributed by atoms with E-state index in [0.29, 0.717) is 30.4 Å². The van der Waals surface area contributed by atoms with Crippen LogP contribution >= 0.6 is 0 Å². The summed E-state index contributed by atoms with van der Waals surface area (Å²) in [4.78, 5) is 37.2. The second-order valence-corrected chi connectivity index (χ2v) is 5.88. The maximum Gasteiger partial charge on any atom is 0.259 e. The highest BCUT2D eigenvalue weighted by atomic mass is 16.5. The van der Waals surface area contributed by atoms with Crippen LogP contribution in [0, 0.1) is 6.92 Å². The number of piperidine rings is 1. The first-order chi connectivity index (χ1) is 11.6. The number of aromatic amines is 1.